The van der Waals surface area contributed by atoms with Gasteiger partial charge in [-0.05, 0) is 36.6 Å². The smallest absolute Gasteiger partial charge is 0.516 e. The number of imidazole rings is 1. The molecule has 0 saturated heterocycles. The van der Waals surface area contributed by atoms with Crippen molar-refractivity contribution in [2.24, 2.45) is 0 Å². The fourth-order valence-corrected chi connectivity index (χ4v) is 4.05. The maximum Gasteiger partial charge on any atom is 0.516 e. The van der Waals surface area contributed by atoms with Crippen LogP contribution in [0.25, 0.3) is 16.9 Å². The predicted octanol–water partition coefficient (Wildman–Crippen LogP) is 4.83. The molecule has 1 heterocycles. The minimum atomic E-state index is -5.92. The quantitative estimate of drug-likeness (QED) is 0.401. The van der Waals surface area contributed by atoms with Gasteiger partial charge in [-0.2, -0.15) is 21.6 Å². The Morgan fingerprint density at radius 3 is 2.44 bits per heavy atom. The minimum Gasteiger partial charge on any atom is -0.672 e. The average Bonchev–Trinajstić information content (AvgIpc) is 3.15. The third-order valence-corrected chi connectivity index (χ3v) is 6.36. The van der Waals surface area contributed by atoms with Gasteiger partial charge in [0.05, 0.1) is 18.8 Å². The third kappa shape index (κ3) is 5.51. The van der Waals surface area contributed by atoms with Gasteiger partial charge in [0, 0.05) is 16.8 Å². The fraction of sp³-hybridized carbons (Fsp3) is 0.304. The van der Waals surface area contributed by atoms with Crippen LogP contribution in [0.4, 0.5) is 17.6 Å². The summed E-state index contributed by atoms with van der Waals surface area (Å²) >= 11 is 0. The molecule has 0 bridgehead atoms. The van der Waals surface area contributed by atoms with Crippen LogP contribution in [0.15, 0.2) is 42.5 Å². The number of halogens is 4. The van der Waals surface area contributed by atoms with Crippen LogP contribution < -0.4 is 9.46 Å². The number of carbonyl (C=O) groups excluding carboxylic acids is 1. The molecule has 0 radical (unpaired) electrons. The van der Waals surface area contributed by atoms with E-state index in [-0.39, 0.29) is 41.4 Å². The number of hydrogen-bond donors (Lipinski definition) is 1. The molecule has 36 heavy (non-hydrogen) atoms. The molecule has 0 spiro atoms. The van der Waals surface area contributed by atoms with Crippen LogP contribution in [0.2, 0.25) is 0 Å². The maximum absolute atomic E-state index is 15.2. The van der Waals surface area contributed by atoms with Crippen LogP contribution in [0, 0.1) is 5.82 Å². The standard InChI is InChI=1S/C23H23F4N4O4S/c1-3-19-20(12-28)31(22(29-19)35-4-2)13-15-10-9-14(11-18(15)24)16-7-5-6-8-17(16)21(32)30-36(33,34)23(25,26)27/h5-11,28H,3-4,12-13H2,1-2H3,(H,30,32)/q-1. The number of rotatable bonds is 9. The van der Waals surface area contributed by atoms with Crippen molar-refractivity contribution in [2.45, 2.75) is 38.9 Å². The zero-order valence-corrected chi connectivity index (χ0v) is 20.1. The van der Waals surface area contributed by atoms with Gasteiger partial charge < -0.3 is 10.5 Å². The molecule has 0 aliphatic rings. The summed E-state index contributed by atoms with van der Waals surface area (Å²) in [6.45, 7) is 3.89. The van der Waals surface area contributed by atoms with Gasteiger partial charge in [0.1, 0.15) is 5.82 Å². The van der Waals surface area contributed by atoms with Gasteiger partial charge >= 0.3 is 15.5 Å². The number of nitrogens with one attached hydrogen (secondary N) is 2. The highest BCUT2D eigenvalue weighted by molar-refractivity contribution is 7.90. The summed E-state index contributed by atoms with van der Waals surface area (Å²) in [4.78, 5) is 16.8. The van der Waals surface area contributed by atoms with Gasteiger partial charge in [-0.3, -0.25) is 9.36 Å². The molecule has 0 atom stereocenters. The molecule has 0 fully saturated rings. The molecule has 2 aromatic carbocycles. The largest absolute Gasteiger partial charge is 0.672 e. The summed E-state index contributed by atoms with van der Waals surface area (Å²) in [6.07, 6.45) is 0.561. The van der Waals surface area contributed by atoms with Gasteiger partial charge in [0.2, 0.25) is 0 Å². The Bertz CT molecular complexity index is 1370. The van der Waals surface area contributed by atoms with E-state index < -0.39 is 27.3 Å². The topological polar surface area (TPSA) is 114 Å². The molecular formula is C23H23F4N4O4S-. The summed E-state index contributed by atoms with van der Waals surface area (Å²) in [5.41, 5.74) is 3.44. The van der Waals surface area contributed by atoms with E-state index in [0.717, 1.165) is 16.9 Å². The lowest BCUT2D eigenvalue weighted by molar-refractivity contribution is -0.0446. The summed E-state index contributed by atoms with van der Waals surface area (Å²) < 4.78 is 84.1. The molecule has 13 heteroatoms. The Kier molecular flexibility index (Phi) is 8.04. The van der Waals surface area contributed by atoms with E-state index >= 15 is 4.39 Å². The first kappa shape index (κ1) is 27.1. The molecular weight excluding hydrogens is 504 g/mol. The van der Waals surface area contributed by atoms with E-state index in [4.69, 9.17) is 10.5 Å². The Labute approximate surface area is 205 Å². The van der Waals surface area contributed by atoms with E-state index in [2.05, 4.69) is 4.98 Å². The van der Waals surface area contributed by atoms with Crippen LogP contribution in [-0.4, -0.2) is 36.0 Å². The van der Waals surface area contributed by atoms with Crippen LogP contribution in [0.3, 0.4) is 0 Å². The molecule has 3 rings (SSSR count). The number of sulfonamides is 1. The molecule has 2 N–H and O–H groups in total. The third-order valence-electron chi connectivity index (χ3n) is 5.29. The Balaban J connectivity index is 1.97. The first-order valence-corrected chi connectivity index (χ1v) is 12.3. The molecule has 0 unspecified atom stereocenters. The average molecular weight is 528 g/mol. The highest BCUT2D eigenvalue weighted by Gasteiger charge is 2.47. The molecule has 194 valence electrons. The van der Waals surface area contributed by atoms with Crippen LogP contribution >= 0.6 is 0 Å². The van der Waals surface area contributed by atoms with Crippen molar-refractivity contribution in [3.8, 4) is 17.1 Å². The Morgan fingerprint density at radius 1 is 1.17 bits per heavy atom. The Morgan fingerprint density at radius 2 is 1.86 bits per heavy atom. The summed E-state index contributed by atoms with van der Waals surface area (Å²) in [6, 6.07) is 9.55. The maximum atomic E-state index is 15.2. The number of benzene rings is 2. The lowest BCUT2D eigenvalue weighted by Gasteiger charge is -2.15. The number of hydrogen-bond acceptors (Lipinski definition) is 5. The summed E-state index contributed by atoms with van der Waals surface area (Å²) in [5, 5.41) is 0. The lowest BCUT2D eigenvalue weighted by atomic mass is 9.98. The SMILES string of the molecule is CCOc1nc(CC)c(C[NH-])n1Cc1ccc(-c2ccccc2C(=O)NS(=O)(=O)C(F)(F)F)cc1F. The number of alkyl halides is 3. The number of ether oxygens (including phenoxy) is 1. The molecule has 0 saturated carbocycles. The highest BCUT2D eigenvalue weighted by atomic mass is 32.2. The van der Waals surface area contributed by atoms with Crippen molar-refractivity contribution >= 4 is 15.9 Å². The first-order valence-electron chi connectivity index (χ1n) is 10.8. The van der Waals surface area contributed by atoms with Crippen molar-refractivity contribution < 1.29 is 35.5 Å². The van der Waals surface area contributed by atoms with Gasteiger partial charge in [-0.15, -0.1) is 6.54 Å². The summed E-state index contributed by atoms with van der Waals surface area (Å²) in [5.74, 6) is -2.19. The number of aryl methyl sites for hydroxylation is 1. The normalized spacial score (nSPS) is 12.0. The van der Waals surface area contributed by atoms with Crippen LogP contribution in [0.1, 0.15) is 41.2 Å². The number of aromatic nitrogens is 2. The molecule has 0 aliphatic heterocycles. The van der Waals surface area contributed by atoms with Gasteiger partial charge in [-0.1, -0.05) is 37.3 Å². The molecule has 0 aliphatic carbocycles. The number of amides is 1. The fourth-order valence-electron chi connectivity index (χ4n) is 3.58. The monoisotopic (exact) mass is 527 g/mol. The second kappa shape index (κ2) is 10.7. The summed E-state index contributed by atoms with van der Waals surface area (Å²) in [7, 11) is -5.92. The van der Waals surface area contributed by atoms with Crippen LogP contribution in [-0.2, 0) is 29.5 Å². The van der Waals surface area contributed by atoms with Gasteiger partial charge in [0.15, 0.2) is 0 Å². The minimum absolute atomic E-state index is 0.00855. The lowest BCUT2D eigenvalue weighted by Crippen LogP contribution is -2.40. The molecule has 1 aromatic heterocycles. The van der Waals surface area contributed by atoms with E-state index in [0.29, 0.717) is 24.4 Å². The second-order valence-corrected chi connectivity index (χ2v) is 9.24. The van der Waals surface area contributed by atoms with Gasteiger partial charge in [0.25, 0.3) is 11.9 Å². The highest BCUT2D eigenvalue weighted by Crippen LogP contribution is 2.29. The van der Waals surface area contributed by atoms with Crippen molar-refractivity contribution in [3.63, 3.8) is 0 Å². The zero-order chi connectivity index (χ0) is 26.7. The van der Waals surface area contributed by atoms with Crippen molar-refractivity contribution in [3.05, 3.63) is 76.5 Å². The van der Waals surface area contributed by atoms with Crippen molar-refractivity contribution in [1.29, 1.82) is 0 Å². The van der Waals surface area contributed by atoms with Crippen molar-refractivity contribution in [1.82, 2.24) is 14.3 Å². The van der Waals surface area contributed by atoms with E-state index in [9.17, 15) is 26.4 Å². The number of carbonyl (C=O) groups is 1. The van der Waals surface area contributed by atoms with E-state index in [1.807, 2.05) is 6.92 Å². The van der Waals surface area contributed by atoms with E-state index in [1.54, 1.807) is 11.5 Å². The molecule has 1 amide bonds. The molecule has 8 nitrogen and oxygen atoms in total. The van der Waals surface area contributed by atoms with Crippen molar-refractivity contribution in [2.75, 3.05) is 6.61 Å². The first-order chi connectivity index (χ1) is 16.9. The predicted molar refractivity (Wildman–Crippen MR) is 124 cm³/mol. The van der Waals surface area contributed by atoms with Crippen LogP contribution in [0.5, 0.6) is 6.01 Å². The zero-order valence-electron chi connectivity index (χ0n) is 19.3. The second-order valence-electron chi connectivity index (χ2n) is 7.57. The molecule has 3 aromatic rings. The number of nitrogens with zero attached hydrogens (tertiary/aromatic N) is 2. The van der Waals surface area contributed by atoms with Gasteiger partial charge in [-0.25, -0.2) is 14.1 Å². The van der Waals surface area contributed by atoms with E-state index in [1.165, 1.54) is 30.3 Å². The Hall–Kier alpha value is -3.45.